The largest absolute Gasteiger partial charge is 0.466 e. The first-order chi connectivity index (χ1) is 9.77. The standard InChI is InChI=1S/C13H14F3N3O2/c1-19(2)6-9-4-3-8(5-10(9)13(14,15)16)12-18-17-11(20)7-21-12/h3-5H,6-7H2,1-2H3,(H,17,20). The lowest BCUT2D eigenvalue weighted by molar-refractivity contribution is -0.138. The number of benzene rings is 1. The normalized spacial score (nSPS) is 15.5. The minimum atomic E-state index is -4.47. The molecule has 1 aromatic rings. The van der Waals surface area contributed by atoms with Gasteiger partial charge in [-0.1, -0.05) is 6.07 Å². The van der Waals surface area contributed by atoms with Crippen molar-refractivity contribution in [2.75, 3.05) is 20.7 Å². The van der Waals surface area contributed by atoms with Crippen LogP contribution in [0.3, 0.4) is 0 Å². The highest BCUT2D eigenvalue weighted by atomic mass is 19.4. The summed E-state index contributed by atoms with van der Waals surface area (Å²) in [4.78, 5) is 12.6. The van der Waals surface area contributed by atoms with Crippen molar-refractivity contribution in [2.45, 2.75) is 12.7 Å². The van der Waals surface area contributed by atoms with Crippen molar-refractivity contribution in [1.82, 2.24) is 10.3 Å². The van der Waals surface area contributed by atoms with E-state index in [1.165, 1.54) is 12.1 Å². The smallest absolute Gasteiger partial charge is 0.416 e. The molecule has 1 heterocycles. The summed E-state index contributed by atoms with van der Waals surface area (Å²) >= 11 is 0. The quantitative estimate of drug-likeness (QED) is 0.922. The molecule has 0 unspecified atom stereocenters. The van der Waals surface area contributed by atoms with Crippen LogP contribution in [0.1, 0.15) is 16.7 Å². The Bertz CT molecular complexity index is 583. The van der Waals surface area contributed by atoms with E-state index in [1.807, 2.05) is 0 Å². The van der Waals surface area contributed by atoms with Crippen molar-refractivity contribution in [3.63, 3.8) is 0 Å². The SMILES string of the molecule is CN(C)Cc1ccc(C2=NNC(=O)CO2)cc1C(F)(F)F. The Hall–Kier alpha value is -2.09. The van der Waals surface area contributed by atoms with Crippen molar-refractivity contribution < 1.29 is 22.7 Å². The topological polar surface area (TPSA) is 53.9 Å². The number of hydrogen-bond acceptors (Lipinski definition) is 4. The minimum absolute atomic E-state index is 0.0310. The van der Waals surface area contributed by atoms with Gasteiger partial charge in [-0.15, -0.1) is 5.10 Å². The van der Waals surface area contributed by atoms with Gasteiger partial charge in [-0.05, 0) is 31.8 Å². The number of rotatable bonds is 3. The Balaban J connectivity index is 2.40. The zero-order valence-corrected chi connectivity index (χ0v) is 11.5. The summed E-state index contributed by atoms with van der Waals surface area (Å²) in [5.41, 5.74) is 1.77. The molecule has 0 saturated carbocycles. The van der Waals surface area contributed by atoms with E-state index >= 15 is 0 Å². The van der Waals surface area contributed by atoms with Gasteiger partial charge in [0.05, 0.1) is 5.56 Å². The zero-order valence-electron chi connectivity index (χ0n) is 11.5. The van der Waals surface area contributed by atoms with Crippen LogP contribution in [0.15, 0.2) is 23.3 Å². The highest BCUT2D eigenvalue weighted by molar-refractivity contribution is 5.98. The van der Waals surface area contributed by atoms with Crippen LogP contribution in [0.25, 0.3) is 0 Å². The Labute approximate surface area is 119 Å². The van der Waals surface area contributed by atoms with Gasteiger partial charge < -0.3 is 9.64 Å². The van der Waals surface area contributed by atoms with Crippen molar-refractivity contribution >= 4 is 11.8 Å². The first-order valence-corrected chi connectivity index (χ1v) is 6.12. The van der Waals surface area contributed by atoms with E-state index in [0.29, 0.717) is 0 Å². The molecule has 1 aromatic carbocycles. The Morgan fingerprint density at radius 3 is 2.62 bits per heavy atom. The fourth-order valence-corrected chi connectivity index (χ4v) is 1.91. The zero-order chi connectivity index (χ0) is 15.6. The number of hydrazone groups is 1. The second-order valence-corrected chi connectivity index (χ2v) is 4.85. The Morgan fingerprint density at radius 2 is 2.10 bits per heavy atom. The third-order valence-corrected chi connectivity index (χ3v) is 2.77. The predicted molar refractivity (Wildman–Crippen MR) is 69.5 cm³/mol. The van der Waals surface area contributed by atoms with Crippen molar-refractivity contribution in [3.05, 3.63) is 34.9 Å². The molecular weight excluding hydrogens is 287 g/mol. The highest BCUT2D eigenvalue weighted by Gasteiger charge is 2.34. The van der Waals surface area contributed by atoms with Crippen LogP contribution in [0.2, 0.25) is 0 Å². The van der Waals surface area contributed by atoms with Crippen LogP contribution in [0.4, 0.5) is 13.2 Å². The van der Waals surface area contributed by atoms with E-state index in [4.69, 9.17) is 4.74 Å². The van der Waals surface area contributed by atoms with Crippen LogP contribution in [-0.4, -0.2) is 37.4 Å². The summed E-state index contributed by atoms with van der Waals surface area (Å²) in [5.74, 6) is -0.476. The van der Waals surface area contributed by atoms with E-state index in [2.05, 4.69) is 10.5 Å². The summed E-state index contributed by atoms with van der Waals surface area (Å²) < 4.78 is 44.4. The molecule has 0 spiro atoms. The van der Waals surface area contributed by atoms with Crippen molar-refractivity contribution in [3.8, 4) is 0 Å². The number of amides is 1. The molecular formula is C13H14F3N3O2. The van der Waals surface area contributed by atoms with Gasteiger partial charge in [0.25, 0.3) is 5.91 Å². The van der Waals surface area contributed by atoms with Gasteiger partial charge in [-0.2, -0.15) is 13.2 Å². The van der Waals surface area contributed by atoms with Crippen LogP contribution in [0.5, 0.6) is 0 Å². The molecule has 0 radical (unpaired) electrons. The molecule has 0 bridgehead atoms. The molecule has 1 aliphatic heterocycles. The molecule has 0 atom stereocenters. The molecule has 1 N–H and O–H groups in total. The fourth-order valence-electron chi connectivity index (χ4n) is 1.91. The summed E-state index contributed by atoms with van der Waals surface area (Å²) in [6.45, 7) is -0.0984. The lowest BCUT2D eigenvalue weighted by Gasteiger charge is -2.19. The molecule has 8 heteroatoms. The average Bonchev–Trinajstić information content (AvgIpc) is 2.38. The van der Waals surface area contributed by atoms with Gasteiger partial charge in [0.15, 0.2) is 6.61 Å². The van der Waals surface area contributed by atoms with Crippen molar-refractivity contribution in [1.29, 1.82) is 0 Å². The first-order valence-electron chi connectivity index (χ1n) is 6.12. The Kier molecular flexibility index (Phi) is 4.17. The molecule has 0 fully saturated rings. The number of alkyl halides is 3. The Morgan fingerprint density at radius 1 is 1.38 bits per heavy atom. The lowest BCUT2D eigenvalue weighted by atomic mass is 10.0. The maximum absolute atomic E-state index is 13.1. The number of halogens is 3. The predicted octanol–water partition coefficient (Wildman–Crippen LogP) is 1.57. The third-order valence-electron chi connectivity index (χ3n) is 2.77. The number of carbonyl (C=O) groups is 1. The maximum Gasteiger partial charge on any atom is 0.416 e. The number of hydrogen-bond donors (Lipinski definition) is 1. The molecule has 0 saturated heterocycles. The first kappa shape index (κ1) is 15.3. The number of ether oxygens (including phenoxy) is 1. The minimum Gasteiger partial charge on any atom is -0.466 e. The summed E-state index contributed by atoms with van der Waals surface area (Å²) in [6, 6.07) is 3.86. The molecule has 0 aromatic heterocycles. The third kappa shape index (κ3) is 3.72. The monoisotopic (exact) mass is 301 g/mol. The van der Waals surface area contributed by atoms with Gasteiger partial charge in [-0.25, -0.2) is 5.43 Å². The molecule has 114 valence electrons. The van der Waals surface area contributed by atoms with E-state index in [1.54, 1.807) is 19.0 Å². The van der Waals surface area contributed by atoms with Crippen molar-refractivity contribution in [2.24, 2.45) is 5.10 Å². The van der Waals surface area contributed by atoms with Gasteiger partial charge >= 0.3 is 6.18 Å². The number of nitrogens with one attached hydrogen (secondary N) is 1. The van der Waals surface area contributed by atoms with E-state index in [0.717, 1.165) is 6.07 Å². The fraction of sp³-hybridized carbons (Fsp3) is 0.385. The summed E-state index contributed by atoms with van der Waals surface area (Å²) in [6.07, 6.45) is -4.47. The van der Waals surface area contributed by atoms with E-state index < -0.39 is 17.6 Å². The second kappa shape index (κ2) is 5.72. The van der Waals surface area contributed by atoms with Gasteiger partial charge in [0.1, 0.15) is 0 Å². The molecule has 0 aliphatic carbocycles. The van der Waals surface area contributed by atoms with Crippen LogP contribution in [-0.2, 0) is 22.3 Å². The molecule has 1 amide bonds. The molecule has 2 rings (SSSR count). The average molecular weight is 301 g/mol. The number of carbonyl (C=O) groups excluding carboxylic acids is 1. The van der Waals surface area contributed by atoms with E-state index in [-0.39, 0.29) is 30.2 Å². The summed E-state index contributed by atoms with van der Waals surface area (Å²) in [5, 5.41) is 3.61. The van der Waals surface area contributed by atoms with Gasteiger partial charge in [-0.3, -0.25) is 4.79 Å². The highest BCUT2D eigenvalue weighted by Crippen LogP contribution is 2.33. The van der Waals surface area contributed by atoms with Crippen LogP contribution < -0.4 is 5.43 Å². The lowest BCUT2D eigenvalue weighted by Crippen LogP contribution is -2.32. The second-order valence-electron chi connectivity index (χ2n) is 4.85. The summed E-state index contributed by atoms with van der Waals surface area (Å²) in [7, 11) is 3.38. The molecule has 1 aliphatic rings. The van der Waals surface area contributed by atoms with E-state index in [9.17, 15) is 18.0 Å². The van der Waals surface area contributed by atoms with Crippen LogP contribution in [0, 0.1) is 0 Å². The van der Waals surface area contributed by atoms with Gasteiger partial charge in [0.2, 0.25) is 5.90 Å². The number of nitrogens with zero attached hydrogens (tertiary/aromatic N) is 2. The van der Waals surface area contributed by atoms with Crippen LogP contribution >= 0.6 is 0 Å². The molecule has 5 nitrogen and oxygen atoms in total. The molecule has 21 heavy (non-hydrogen) atoms. The maximum atomic E-state index is 13.1. The van der Waals surface area contributed by atoms with Gasteiger partial charge in [0, 0.05) is 12.1 Å².